The summed E-state index contributed by atoms with van der Waals surface area (Å²) < 4.78 is 24.9. The second-order valence-corrected chi connectivity index (χ2v) is 12.0. The van der Waals surface area contributed by atoms with Gasteiger partial charge in [-0.3, -0.25) is 0 Å². The lowest BCUT2D eigenvalue weighted by molar-refractivity contribution is -0.0344. The van der Waals surface area contributed by atoms with Gasteiger partial charge in [-0.15, -0.1) is 0 Å². The molecule has 0 bridgehead atoms. The molecule has 0 aromatic rings. The van der Waals surface area contributed by atoms with Gasteiger partial charge in [-0.25, -0.2) is 0 Å². The third-order valence-corrected chi connectivity index (χ3v) is 8.72. The molecule has 206 valence electrons. The minimum Gasteiger partial charge on any atom is -0.351 e. The summed E-state index contributed by atoms with van der Waals surface area (Å²) in [4.78, 5) is 0. The Morgan fingerprint density at radius 1 is 0.324 bits per heavy atom. The van der Waals surface area contributed by atoms with Crippen LogP contribution in [0.2, 0.25) is 0 Å². The van der Waals surface area contributed by atoms with E-state index in [1.54, 1.807) is 0 Å². The molecule has 0 amide bonds. The molecule has 0 spiro atoms. The van der Waals surface area contributed by atoms with Crippen LogP contribution in [0.4, 0.5) is 0 Å². The smallest absolute Gasteiger partial charge is 0.351 e. The van der Waals surface area contributed by atoms with Gasteiger partial charge in [0.15, 0.2) is 0 Å². The third kappa shape index (κ3) is 22.5. The first-order chi connectivity index (χ1) is 16.7. The zero-order valence-electron chi connectivity index (χ0n) is 23.8. The van der Waals surface area contributed by atoms with Gasteiger partial charge in [0, 0.05) is 26.4 Å². The maximum atomic E-state index is 6.29. The van der Waals surface area contributed by atoms with Gasteiger partial charge >= 0.3 is 9.05 Å². The number of unbranched alkanes of at least 4 members (excludes halogenated alkanes) is 18. The van der Waals surface area contributed by atoms with Crippen LogP contribution in [0.5, 0.6) is 0 Å². The van der Waals surface area contributed by atoms with Crippen molar-refractivity contribution in [3.63, 3.8) is 0 Å². The van der Waals surface area contributed by atoms with E-state index in [9.17, 15) is 0 Å². The quantitative estimate of drug-likeness (QED) is 0.0753. The molecule has 0 aromatic carbocycles. The Kier molecular flexibility index (Phi) is 27.7. The van der Waals surface area contributed by atoms with E-state index in [0.29, 0.717) is 26.4 Å². The lowest BCUT2D eigenvalue weighted by atomic mass is 10.1. The molecule has 0 atom stereocenters. The molecule has 0 aromatic heterocycles. The second-order valence-electron chi connectivity index (χ2n) is 9.84. The van der Waals surface area contributed by atoms with Crippen LogP contribution >= 0.6 is 0 Å². The second kappa shape index (κ2) is 27.6. The van der Waals surface area contributed by atoms with Gasteiger partial charge in [-0.2, -0.15) is 0 Å². The highest BCUT2D eigenvalue weighted by Gasteiger charge is 2.45. The summed E-state index contributed by atoms with van der Waals surface area (Å²) in [7, 11) is -3.04. The van der Waals surface area contributed by atoms with Crippen molar-refractivity contribution in [2.24, 2.45) is 0 Å². The predicted molar refractivity (Wildman–Crippen MR) is 149 cm³/mol. The average Bonchev–Trinajstić information content (AvgIpc) is 2.84. The average molecular weight is 503 g/mol. The van der Waals surface area contributed by atoms with E-state index in [-0.39, 0.29) is 0 Å². The van der Waals surface area contributed by atoms with Crippen molar-refractivity contribution >= 4 is 9.05 Å². The Hall–Kier alpha value is 0.0569. The monoisotopic (exact) mass is 502 g/mol. The van der Waals surface area contributed by atoms with Crippen LogP contribution in [0.1, 0.15) is 163 Å². The standard InChI is InChI=1S/C29H62O4Si/c1-5-9-12-15-18-21-24-27-31-34(30-8-4,32-28-25-22-19-16-13-10-6-2)33-29-26-23-20-17-14-11-7-3/h5-29H2,1-4H3. The molecule has 34 heavy (non-hydrogen) atoms. The van der Waals surface area contributed by atoms with Crippen molar-refractivity contribution in [2.75, 3.05) is 26.4 Å². The maximum absolute atomic E-state index is 6.29. The van der Waals surface area contributed by atoms with E-state index in [0.717, 1.165) is 19.3 Å². The minimum absolute atomic E-state index is 0.581. The zero-order valence-corrected chi connectivity index (χ0v) is 24.8. The van der Waals surface area contributed by atoms with Crippen LogP contribution in [0.3, 0.4) is 0 Å². The van der Waals surface area contributed by atoms with Crippen LogP contribution < -0.4 is 0 Å². The van der Waals surface area contributed by atoms with E-state index in [1.165, 1.54) is 116 Å². The molecule has 0 saturated carbocycles. The lowest BCUT2D eigenvalue weighted by Crippen LogP contribution is -2.50. The first kappa shape index (κ1) is 34.1. The minimum atomic E-state index is -3.04. The lowest BCUT2D eigenvalue weighted by Gasteiger charge is -2.28. The van der Waals surface area contributed by atoms with Crippen LogP contribution in [0.15, 0.2) is 0 Å². The summed E-state index contributed by atoms with van der Waals surface area (Å²) in [5, 5.41) is 0. The summed E-state index contributed by atoms with van der Waals surface area (Å²) in [5.74, 6) is 0. The van der Waals surface area contributed by atoms with Gasteiger partial charge < -0.3 is 17.7 Å². The highest BCUT2D eigenvalue weighted by Crippen LogP contribution is 2.17. The van der Waals surface area contributed by atoms with Crippen LogP contribution in [-0.2, 0) is 17.7 Å². The molecule has 0 rings (SSSR count). The third-order valence-electron chi connectivity index (χ3n) is 6.40. The summed E-state index contributed by atoms with van der Waals surface area (Å²) in [5.41, 5.74) is 0. The van der Waals surface area contributed by atoms with E-state index < -0.39 is 9.05 Å². The molecular formula is C29H62O4Si. The summed E-state index contributed by atoms with van der Waals surface area (Å²) in [6.45, 7) is 11.5. The zero-order chi connectivity index (χ0) is 25.0. The van der Waals surface area contributed by atoms with Gasteiger partial charge in [-0.1, -0.05) is 136 Å². The van der Waals surface area contributed by atoms with Crippen molar-refractivity contribution < 1.29 is 17.7 Å². The molecule has 0 radical (unpaired) electrons. The van der Waals surface area contributed by atoms with Gasteiger partial charge in [0.25, 0.3) is 0 Å². The van der Waals surface area contributed by atoms with Gasteiger partial charge in [0.05, 0.1) is 0 Å². The predicted octanol–water partition coefficient (Wildman–Crippen LogP) is 9.76. The number of hydrogen-bond donors (Lipinski definition) is 0. The summed E-state index contributed by atoms with van der Waals surface area (Å²) in [6.07, 6.45) is 26.8. The van der Waals surface area contributed by atoms with E-state index in [4.69, 9.17) is 17.7 Å². The summed E-state index contributed by atoms with van der Waals surface area (Å²) >= 11 is 0. The molecule has 0 aliphatic rings. The first-order valence-electron chi connectivity index (χ1n) is 15.3. The Bertz CT molecular complexity index is 331. The Balaban J connectivity index is 4.38. The van der Waals surface area contributed by atoms with Crippen molar-refractivity contribution in [1.82, 2.24) is 0 Å². The van der Waals surface area contributed by atoms with E-state index >= 15 is 0 Å². The highest BCUT2D eigenvalue weighted by atomic mass is 28.4. The highest BCUT2D eigenvalue weighted by molar-refractivity contribution is 6.53. The van der Waals surface area contributed by atoms with Crippen molar-refractivity contribution in [3.8, 4) is 0 Å². The Morgan fingerprint density at radius 2 is 0.588 bits per heavy atom. The molecule has 0 aliphatic carbocycles. The fourth-order valence-electron chi connectivity index (χ4n) is 4.20. The van der Waals surface area contributed by atoms with Gasteiger partial charge in [0.1, 0.15) is 0 Å². The van der Waals surface area contributed by atoms with Crippen molar-refractivity contribution in [2.45, 2.75) is 163 Å². The van der Waals surface area contributed by atoms with Crippen LogP contribution in [-0.4, -0.2) is 35.5 Å². The van der Waals surface area contributed by atoms with E-state index in [1.807, 2.05) is 6.92 Å². The molecule has 4 nitrogen and oxygen atoms in total. The molecule has 5 heteroatoms. The first-order valence-corrected chi connectivity index (χ1v) is 16.9. The van der Waals surface area contributed by atoms with Crippen molar-refractivity contribution in [1.29, 1.82) is 0 Å². The largest absolute Gasteiger partial charge is 0.679 e. The normalized spacial score (nSPS) is 12.0. The van der Waals surface area contributed by atoms with Crippen LogP contribution in [0.25, 0.3) is 0 Å². The fraction of sp³-hybridized carbons (Fsp3) is 1.00. The van der Waals surface area contributed by atoms with Crippen molar-refractivity contribution in [3.05, 3.63) is 0 Å². The molecule has 0 fully saturated rings. The number of hydrogen-bond acceptors (Lipinski definition) is 4. The fourth-order valence-corrected chi connectivity index (χ4v) is 6.23. The number of rotatable bonds is 29. The molecule has 0 saturated heterocycles. The van der Waals surface area contributed by atoms with Crippen LogP contribution in [0, 0.1) is 0 Å². The molecule has 0 N–H and O–H groups in total. The Morgan fingerprint density at radius 3 is 0.853 bits per heavy atom. The Labute approximate surface area is 215 Å². The maximum Gasteiger partial charge on any atom is 0.679 e. The van der Waals surface area contributed by atoms with Gasteiger partial charge in [0.2, 0.25) is 0 Å². The van der Waals surface area contributed by atoms with Gasteiger partial charge in [-0.05, 0) is 26.2 Å². The van der Waals surface area contributed by atoms with E-state index in [2.05, 4.69) is 20.8 Å². The molecular weight excluding hydrogens is 440 g/mol. The SMILES string of the molecule is CCCCCCCCCO[Si](OCC)(OCCCCCCCCC)OCCCCCCCCC. The summed E-state index contributed by atoms with van der Waals surface area (Å²) in [6, 6.07) is 0. The molecule has 0 unspecified atom stereocenters. The molecule has 0 aliphatic heterocycles. The topological polar surface area (TPSA) is 36.9 Å². The molecule has 0 heterocycles.